The summed E-state index contributed by atoms with van der Waals surface area (Å²) in [7, 11) is -9.00. The van der Waals surface area contributed by atoms with Gasteiger partial charge in [0.05, 0.1) is 11.7 Å². The molecule has 1 unspecified atom stereocenters. The zero-order valence-corrected chi connectivity index (χ0v) is 18.0. The van der Waals surface area contributed by atoms with Gasteiger partial charge in [0, 0.05) is 30.9 Å². The molecule has 1 heterocycles. The minimum Gasteiger partial charge on any atom is -0.390 e. The fourth-order valence-corrected chi connectivity index (χ4v) is 6.07. The Bertz CT molecular complexity index is 1120. The van der Waals surface area contributed by atoms with Crippen molar-refractivity contribution < 1.29 is 21.9 Å². The van der Waals surface area contributed by atoms with Crippen LogP contribution in [0.4, 0.5) is 5.69 Å². The van der Waals surface area contributed by atoms with E-state index in [1.165, 1.54) is 6.07 Å². The second-order valence-electron chi connectivity index (χ2n) is 7.18. The van der Waals surface area contributed by atoms with Crippen molar-refractivity contribution in [2.75, 3.05) is 18.4 Å². The molecule has 16 heteroatoms. The van der Waals surface area contributed by atoms with E-state index in [4.69, 9.17) is 16.6 Å². The summed E-state index contributed by atoms with van der Waals surface area (Å²) >= 11 is 0. The fourth-order valence-electron chi connectivity index (χ4n) is 3.40. The number of hydrogen-bond acceptors (Lipinski definition) is 11. The van der Waals surface area contributed by atoms with Gasteiger partial charge in [-0.05, 0) is 36.6 Å². The number of hydrogen-bond donors (Lipinski definition) is 7. The maximum atomic E-state index is 12.9. The summed E-state index contributed by atoms with van der Waals surface area (Å²) in [4.78, 5) is -1.33. The standard InChI is InChI=1S/C15H25N9O5S2/c16-6-8(25)7-19-31(28,29)12-5-4-11(20-10-3-1-2-9(10)17)13(14(12)30(18,26)27)15-21-23-24-22-15/h4-5,8-10,19-20,25H,1-3,6-7,16-17H2,(H2,18,26,27)(H,21,22,23,24)/t8-,9-,10?/m1/s1. The van der Waals surface area contributed by atoms with Crippen molar-refractivity contribution in [1.29, 1.82) is 0 Å². The van der Waals surface area contributed by atoms with E-state index in [2.05, 4.69) is 30.7 Å². The molecule has 0 aliphatic heterocycles. The number of rotatable bonds is 9. The third kappa shape index (κ3) is 5.17. The molecule has 1 aliphatic carbocycles. The zero-order chi connectivity index (χ0) is 22.8. The van der Waals surface area contributed by atoms with Gasteiger partial charge in [-0.1, -0.05) is 0 Å². The lowest BCUT2D eigenvalue weighted by atomic mass is 10.1. The van der Waals surface area contributed by atoms with E-state index < -0.39 is 42.5 Å². The van der Waals surface area contributed by atoms with Crippen LogP contribution in [-0.2, 0) is 20.0 Å². The smallest absolute Gasteiger partial charge is 0.242 e. The van der Waals surface area contributed by atoms with Gasteiger partial charge in [0.1, 0.15) is 9.79 Å². The highest BCUT2D eigenvalue weighted by molar-refractivity contribution is 7.92. The molecule has 3 rings (SSSR count). The van der Waals surface area contributed by atoms with Gasteiger partial charge >= 0.3 is 0 Å². The lowest BCUT2D eigenvalue weighted by molar-refractivity contribution is 0.186. The van der Waals surface area contributed by atoms with E-state index in [0.717, 1.165) is 25.3 Å². The van der Waals surface area contributed by atoms with E-state index in [-0.39, 0.29) is 35.7 Å². The minimum absolute atomic E-state index is 0.155. The number of sulfonamides is 2. The number of benzene rings is 1. The molecule has 0 spiro atoms. The number of H-pyrrole nitrogens is 1. The van der Waals surface area contributed by atoms with Crippen LogP contribution in [-0.4, -0.2) is 73.8 Å². The van der Waals surface area contributed by atoms with Crippen LogP contribution >= 0.6 is 0 Å². The average Bonchev–Trinajstić information content (AvgIpc) is 3.37. The molecule has 1 aromatic carbocycles. The molecule has 10 N–H and O–H groups in total. The van der Waals surface area contributed by atoms with Gasteiger partial charge in [-0.2, -0.15) is 5.21 Å². The molecule has 172 valence electrons. The molecule has 1 fully saturated rings. The normalized spacial score (nSPS) is 20.6. The summed E-state index contributed by atoms with van der Waals surface area (Å²) in [6, 6.07) is 2.15. The first-order valence-corrected chi connectivity index (χ1v) is 12.4. The van der Waals surface area contributed by atoms with Gasteiger partial charge in [-0.15, -0.1) is 10.2 Å². The summed E-state index contributed by atoms with van der Waals surface area (Å²) in [5, 5.41) is 31.4. The fraction of sp³-hybridized carbons (Fsp3) is 0.533. The highest BCUT2D eigenvalue weighted by atomic mass is 32.2. The highest BCUT2D eigenvalue weighted by Gasteiger charge is 2.33. The quantitative estimate of drug-likeness (QED) is 0.198. The second-order valence-corrected chi connectivity index (χ2v) is 10.4. The number of anilines is 1. The lowest BCUT2D eigenvalue weighted by Gasteiger charge is -2.22. The van der Waals surface area contributed by atoms with Crippen molar-refractivity contribution in [2.24, 2.45) is 16.6 Å². The van der Waals surface area contributed by atoms with Crippen LogP contribution in [0.2, 0.25) is 0 Å². The Kier molecular flexibility index (Phi) is 6.89. The Morgan fingerprint density at radius 1 is 1.26 bits per heavy atom. The predicted octanol–water partition coefficient (Wildman–Crippen LogP) is -2.60. The van der Waals surface area contributed by atoms with Crippen molar-refractivity contribution in [1.82, 2.24) is 25.3 Å². The third-order valence-corrected chi connectivity index (χ3v) is 7.54. The SMILES string of the molecule is NC[C@@H](O)CNS(=O)(=O)c1ccc(NC2CCC[C@H]2N)c(-c2nn[nH]n2)c1S(N)(=O)=O. The van der Waals surface area contributed by atoms with Gasteiger partial charge in [-0.25, -0.2) is 26.7 Å². The van der Waals surface area contributed by atoms with Crippen LogP contribution in [0, 0.1) is 0 Å². The summed E-state index contributed by atoms with van der Waals surface area (Å²) < 4.78 is 52.9. The molecule has 1 aromatic heterocycles. The number of aliphatic hydroxyl groups excluding tert-OH is 1. The second kappa shape index (κ2) is 9.11. The molecular formula is C15H25N9O5S2. The van der Waals surface area contributed by atoms with Gasteiger partial charge in [0.2, 0.25) is 25.9 Å². The van der Waals surface area contributed by atoms with E-state index in [0.29, 0.717) is 0 Å². The first kappa shape index (κ1) is 23.5. The van der Waals surface area contributed by atoms with Crippen molar-refractivity contribution >= 4 is 25.7 Å². The maximum absolute atomic E-state index is 12.9. The predicted molar refractivity (Wildman–Crippen MR) is 110 cm³/mol. The van der Waals surface area contributed by atoms with Crippen molar-refractivity contribution in [2.45, 2.75) is 47.2 Å². The first-order chi connectivity index (χ1) is 14.5. The largest absolute Gasteiger partial charge is 0.390 e. The monoisotopic (exact) mass is 475 g/mol. The van der Waals surface area contributed by atoms with Crippen LogP contribution < -0.4 is 26.6 Å². The number of aliphatic hydroxyl groups is 1. The van der Waals surface area contributed by atoms with E-state index in [1.807, 2.05) is 0 Å². The third-order valence-electron chi connectivity index (χ3n) is 4.96. The van der Waals surface area contributed by atoms with Gasteiger partial charge in [0.15, 0.2) is 0 Å². The van der Waals surface area contributed by atoms with Crippen LogP contribution in [0.1, 0.15) is 19.3 Å². The zero-order valence-electron chi connectivity index (χ0n) is 16.4. The average molecular weight is 476 g/mol. The first-order valence-electron chi connectivity index (χ1n) is 9.38. The Hall–Kier alpha value is -2.21. The lowest BCUT2D eigenvalue weighted by Crippen LogP contribution is -2.37. The Morgan fingerprint density at radius 3 is 2.55 bits per heavy atom. The number of nitrogens with one attached hydrogen (secondary N) is 3. The summed E-state index contributed by atoms with van der Waals surface area (Å²) in [5.41, 5.74) is 11.5. The van der Waals surface area contributed by atoms with Crippen LogP contribution in [0.3, 0.4) is 0 Å². The molecule has 0 bridgehead atoms. The van der Waals surface area contributed by atoms with Crippen molar-refractivity contribution in [3.8, 4) is 11.4 Å². The molecule has 3 atom stereocenters. The molecule has 0 saturated heterocycles. The number of aromatic nitrogens is 4. The van der Waals surface area contributed by atoms with Gasteiger partial charge in [0.25, 0.3) is 0 Å². The van der Waals surface area contributed by atoms with Crippen LogP contribution in [0.25, 0.3) is 11.4 Å². The number of tetrazole rings is 1. The molecule has 2 aromatic rings. The van der Waals surface area contributed by atoms with Gasteiger partial charge in [-0.3, -0.25) is 0 Å². The number of aromatic amines is 1. The van der Waals surface area contributed by atoms with Gasteiger partial charge < -0.3 is 21.9 Å². The Morgan fingerprint density at radius 2 is 2.00 bits per heavy atom. The molecule has 0 amide bonds. The van der Waals surface area contributed by atoms with Crippen LogP contribution in [0.15, 0.2) is 21.9 Å². The summed E-state index contributed by atoms with van der Waals surface area (Å²) in [5.74, 6) is -0.169. The highest BCUT2D eigenvalue weighted by Crippen LogP contribution is 2.37. The Balaban J connectivity index is 2.18. The topological polar surface area (TPSA) is 245 Å². The maximum Gasteiger partial charge on any atom is 0.242 e. The minimum atomic E-state index is -4.59. The molecular weight excluding hydrogens is 450 g/mol. The number of nitrogens with zero attached hydrogens (tertiary/aromatic N) is 3. The number of nitrogens with two attached hydrogens (primary N) is 3. The van der Waals surface area contributed by atoms with E-state index >= 15 is 0 Å². The van der Waals surface area contributed by atoms with Crippen LogP contribution in [0.5, 0.6) is 0 Å². The molecule has 1 aliphatic rings. The molecule has 14 nitrogen and oxygen atoms in total. The summed E-state index contributed by atoms with van der Waals surface area (Å²) in [6.45, 7) is -0.611. The van der Waals surface area contributed by atoms with Crippen molar-refractivity contribution in [3.05, 3.63) is 12.1 Å². The molecule has 31 heavy (non-hydrogen) atoms. The van der Waals surface area contributed by atoms with E-state index in [1.54, 1.807) is 0 Å². The molecule has 0 radical (unpaired) electrons. The number of primary sulfonamides is 1. The van der Waals surface area contributed by atoms with E-state index in [9.17, 15) is 21.9 Å². The Labute approximate surface area is 179 Å². The summed E-state index contributed by atoms with van der Waals surface area (Å²) in [6.07, 6.45) is 1.26. The molecule has 1 saturated carbocycles. The van der Waals surface area contributed by atoms with Crippen molar-refractivity contribution in [3.63, 3.8) is 0 Å².